The molecule has 1 atom stereocenters. The van der Waals surface area contributed by atoms with Gasteiger partial charge in [0.25, 0.3) is 0 Å². The number of amides is 2. The fourth-order valence-electron chi connectivity index (χ4n) is 8.70. The van der Waals surface area contributed by atoms with Crippen LogP contribution >= 0.6 is 23.1 Å². The molecule has 0 radical (unpaired) electrons. The van der Waals surface area contributed by atoms with Crippen molar-refractivity contribution >= 4 is 85.7 Å². The van der Waals surface area contributed by atoms with E-state index in [2.05, 4.69) is 105 Å². The van der Waals surface area contributed by atoms with E-state index in [9.17, 15) is 14.2 Å². The van der Waals surface area contributed by atoms with Crippen LogP contribution in [0.3, 0.4) is 0 Å². The normalized spacial score (nSPS) is 18.1. The zero-order chi connectivity index (χ0) is 42.0. The quantitative estimate of drug-likeness (QED) is 0.0856. The van der Waals surface area contributed by atoms with Crippen LogP contribution in [0.2, 0.25) is 0 Å². The first-order chi connectivity index (χ1) is 28.9. The van der Waals surface area contributed by atoms with E-state index in [0.717, 1.165) is 68.3 Å². The third kappa shape index (κ3) is 9.28. The Bertz CT molecular complexity index is 2430. The molecule has 0 saturated carbocycles. The molecule has 5 aromatic rings. The van der Waals surface area contributed by atoms with Crippen molar-refractivity contribution in [3.63, 3.8) is 0 Å². The first kappa shape index (κ1) is 41.6. The van der Waals surface area contributed by atoms with Gasteiger partial charge in [-0.2, -0.15) is 4.98 Å². The van der Waals surface area contributed by atoms with E-state index < -0.39 is 7.14 Å². The number of hydrogen-bond acceptors (Lipinski definition) is 13. The van der Waals surface area contributed by atoms with Crippen molar-refractivity contribution in [2.45, 2.75) is 44.9 Å². The maximum Gasteiger partial charge on any atom is 0.234 e. The number of aromatic nitrogens is 4. The van der Waals surface area contributed by atoms with Gasteiger partial charge in [-0.3, -0.25) is 29.8 Å². The Hall–Kier alpha value is -5.11. The Kier molecular flexibility index (Phi) is 12.4. The molecule has 0 spiro atoms. The van der Waals surface area contributed by atoms with Crippen LogP contribution < -0.4 is 35.8 Å². The van der Waals surface area contributed by atoms with Crippen molar-refractivity contribution in [1.82, 2.24) is 30.2 Å². The van der Waals surface area contributed by atoms with Crippen molar-refractivity contribution in [2.24, 2.45) is 5.92 Å². The maximum absolute atomic E-state index is 13.5. The van der Waals surface area contributed by atoms with E-state index in [-0.39, 0.29) is 17.7 Å². The highest BCUT2D eigenvalue weighted by Gasteiger charge is 2.29. The van der Waals surface area contributed by atoms with Crippen LogP contribution in [-0.2, 0) is 14.2 Å². The summed E-state index contributed by atoms with van der Waals surface area (Å²) in [4.78, 5) is 49.6. The molecule has 314 valence electrons. The molecule has 1 unspecified atom stereocenters. The van der Waals surface area contributed by atoms with E-state index in [0.29, 0.717) is 62.8 Å². The number of nitrogens with one attached hydrogen (secondary N) is 3. The van der Waals surface area contributed by atoms with Gasteiger partial charge in [0.1, 0.15) is 24.2 Å². The summed E-state index contributed by atoms with van der Waals surface area (Å²) in [5, 5.41) is 9.83. The Morgan fingerprint density at radius 3 is 2.35 bits per heavy atom. The highest BCUT2D eigenvalue weighted by atomic mass is 79.9. The highest BCUT2D eigenvalue weighted by Crippen LogP contribution is 2.42. The third-order valence-corrected chi connectivity index (χ3v) is 14.1. The number of methoxy groups -OCH3 is 1. The minimum absolute atomic E-state index is 0.178. The number of imide groups is 1. The standard InChI is InChI=1S/C44H52BrN10O4P/c1-28-25-36(50-44-48-27-33(45)42(52-44)49-35-11-10-34-40(47-17-16-46-34)41(35)60(3,4)58)38(59-2)26-37(28)55-23-21-53(22-24-55)18-13-29-14-19-54(20-15-29)31-7-5-30(6-8-31)32-9-12-39(56)51-43(32)57/h5-8,10-11,16-17,25-27,29,32H,9,12-15,18-24H2,1-4H3,(H,51,56,57)(H2,48,49,50,52). The lowest BCUT2D eigenvalue weighted by atomic mass is 9.90. The molecule has 2 aromatic heterocycles. The van der Waals surface area contributed by atoms with E-state index in [1.165, 1.54) is 24.9 Å². The molecule has 5 heterocycles. The lowest BCUT2D eigenvalue weighted by Crippen LogP contribution is -2.47. The van der Waals surface area contributed by atoms with Crippen LogP contribution in [0.1, 0.15) is 49.1 Å². The Balaban J connectivity index is 0.840. The lowest BCUT2D eigenvalue weighted by Gasteiger charge is -2.38. The lowest BCUT2D eigenvalue weighted by molar-refractivity contribution is -0.134. The maximum atomic E-state index is 13.5. The molecule has 16 heteroatoms. The Morgan fingerprint density at radius 1 is 0.883 bits per heavy atom. The van der Waals surface area contributed by atoms with Crippen LogP contribution in [0.5, 0.6) is 5.75 Å². The molecule has 0 aliphatic carbocycles. The molecule has 2 amide bonds. The van der Waals surface area contributed by atoms with Crippen molar-refractivity contribution < 1.29 is 18.9 Å². The number of hydrogen-bond donors (Lipinski definition) is 3. The average Bonchev–Trinajstić information content (AvgIpc) is 3.24. The van der Waals surface area contributed by atoms with Crippen molar-refractivity contribution in [1.29, 1.82) is 0 Å². The summed E-state index contributed by atoms with van der Waals surface area (Å²) in [6.07, 6.45) is 9.46. The molecule has 14 nitrogen and oxygen atoms in total. The molecule has 3 fully saturated rings. The molecule has 60 heavy (non-hydrogen) atoms. The number of ether oxygens (including phenoxy) is 1. The van der Waals surface area contributed by atoms with Crippen molar-refractivity contribution in [3.05, 3.63) is 82.7 Å². The number of piperidine rings is 2. The van der Waals surface area contributed by atoms with Gasteiger partial charge in [-0.25, -0.2) is 4.98 Å². The molecular formula is C44H52BrN10O4P. The van der Waals surface area contributed by atoms with Gasteiger partial charge in [0, 0.05) is 81.7 Å². The molecule has 8 rings (SSSR count). The van der Waals surface area contributed by atoms with Gasteiger partial charge in [-0.15, -0.1) is 0 Å². The Labute approximate surface area is 359 Å². The van der Waals surface area contributed by atoms with Crippen LogP contribution in [0.25, 0.3) is 11.0 Å². The molecule has 3 aromatic carbocycles. The van der Waals surface area contributed by atoms with Crippen LogP contribution in [-0.4, -0.2) is 103 Å². The number of aryl methyl sites for hydroxylation is 1. The summed E-state index contributed by atoms with van der Waals surface area (Å²) in [5.74, 6) is 1.70. The van der Waals surface area contributed by atoms with E-state index in [1.54, 1.807) is 39.0 Å². The predicted molar refractivity (Wildman–Crippen MR) is 242 cm³/mol. The van der Waals surface area contributed by atoms with Crippen LogP contribution in [0.4, 0.5) is 34.5 Å². The number of benzene rings is 3. The number of carbonyl (C=O) groups is 2. The zero-order valence-corrected chi connectivity index (χ0v) is 37.1. The van der Waals surface area contributed by atoms with Gasteiger partial charge in [0.15, 0.2) is 0 Å². The van der Waals surface area contributed by atoms with Crippen molar-refractivity contribution in [3.8, 4) is 5.75 Å². The smallest absolute Gasteiger partial charge is 0.234 e. The van der Waals surface area contributed by atoms with Gasteiger partial charge in [0.2, 0.25) is 17.8 Å². The SMILES string of the molecule is COc1cc(N2CCN(CCC3CCN(c4ccc(C5CCC(=O)NC5=O)cc4)CC3)CC2)c(C)cc1Nc1ncc(Br)c(Nc2ccc3nccnc3c2P(C)(C)=O)n1. The number of anilines is 6. The topological polar surface area (TPSA) is 158 Å². The molecular weight excluding hydrogens is 843 g/mol. The summed E-state index contributed by atoms with van der Waals surface area (Å²) < 4.78 is 20.0. The number of nitrogens with zero attached hydrogens (tertiary/aromatic N) is 7. The van der Waals surface area contributed by atoms with Crippen LogP contribution in [0.15, 0.2) is 71.6 Å². The molecule has 0 bridgehead atoms. The second-order valence-electron chi connectivity index (χ2n) is 16.4. The van der Waals surface area contributed by atoms with E-state index in [4.69, 9.17) is 9.72 Å². The highest BCUT2D eigenvalue weighted by molar-refractivity contribution is 9.10. The second kappa shape index (κ2) is 17.9. The number of piperazine rings is 1. The second-order valence-corrected chi connectivity index (χ2v) is 20.4. The van der Waals surface area contributed by atoms with Crippen molar-refractivity contribution in [2.75, 3.05) is 86.7 Å². The van der Waals surface area contributed by atoms with E-state index in [1.807, 2.05) is 12.1 Å². The molecule has 3 aliphatic rings. The average molecular weight is 896 g/mol. The van der Waals surface area contributed by atoms with Gasteiger partial charge in [-0.1, -0.05) is 12.1 Å². The van der Waals surface area contributed by atoms with E-state index >= 15 is 0 Å². The largest absolute Gasteiger partial charge is 0.494 e. The summed E-state index contributed by atoms with van der Waals surface area (Å²) in [6.45, 7) is 12.7. The number of rotatable bonds is 12. The number of fused-ring (bicyclic) bond motifs is 1. The summed E-state index contributed by atoms with van der Waals surface area (Å²) in [5.41, 5.74) is 7.16. The minimum atomic E-state index is -2.76. The minimum Gasteiger partial charge on any atom is -0.494 e. The summed E-state index contributed by atoms with van der Waals surface area (Å²) >= 11 is 3.59. The van der Waals surface area contributed by atoms with Gasteiger partial charge in [0.05, 0.1) is 39.7 Å². The monoisotopic (exact) mass is 894 g/mol. The summed E-state index contributed by atoms with van der Waals surface area (Å²) in [7, 11) is -1.09. The first-order valence-electron chi connectivity index (χ1n) is 20.6. The molecule has 3 aliphatic heterocycles. The predicted octanol–water partition coefficient (Wildman–Crippen LogP) is 7.18. The van der Waals surface area contributed by atoms with Gasteiger partial charge in [-0.05, 0) is 116 Å². The zero-order valence-electron chi connectivity index (χ0n) is 34.6. The summed E-state index contributed by atoms with van der Waals surface area (Å²) in [6, 6.07) is 16.3. The Morgan fingerprint density at radius 2 is 1.63 bits per heavy atom. The van der Waals surface area contributed by atoms with Crippen LogP contribution in [0, 0.1) is 12.8 Å². The number of carbonyl (C=O) groups excluding carboxylic acids is 2. The fourth-order valence-corrected chi connectivity index (χ4v) is 10.4. The van der Waals surface area contributed by atoms with Gasteiger partial charge < -0.3 is 29.7 Å². The fraction of sp³-hybridized carbons (Fsp3) is 0.409. The van der Waals surface area contributed by atoms with Gasteiger partial charge >= 0.3 is 0 Å². The first-order valence-corrected chi connectivity index (χ1v) is 24.0. The number of halogens is 1. The third-order valence-electron chi connectivity index (χ3n) is 12.0. The molecule has 3 N–H and O–H groups in total. The molecule has 3 saturated heterocycles.